The normalized spacial score (nSPS) is 17.9. The van der Waals surface area contributed by atoms with Crippen molar-refractivity contribution in [1.29, 1.82) is 0 Å². The molecule has 24 heavy (non-hydrogen) atoms. The van der Waals surface area contributed by atoms with Crippen LogP contribution in [0.25, 0.3) is 0 Å². The van der Waals surface area contributed by atoms with E-state index in [1.54, 1.807) is 4.68 Å². The van der Waals surface area contributed by atoms with Gasteiger partial charge in [0.25, 0.3) is 0 Å². The zero-order valence-corrected chi connectivity index (χ0v) is 14.1. The number of rotatable bonds is 3. The lowest BCUT2D eigenvalue weighted by Crippen LogP contribution is -2.55. The van der Waals surface area contributed by atoms with Crippen molar-refractivity contribution in [2.75, 3.05) is 19.6 Å². The molecule has 0 bridgehead atoms. The first-order valence-electron chi connectivity index (χ1n) is 7.86. The summed E-state index contributed by atoms with van der Waals surface area (Å²) in [6.07, 6.45) is -5.04. The van der Waals surface area contributed by atoms with Gasteiger partial charge in [0, 0.05) is 45.2 Å². The molecule has 1 aliphatic rings. The average molecular weight is 348 g/mol. The minimum absolute atomic E-state index is 0.118. The number of nitrogens with one attached hydrogen (secondary N) is 1. The zero-order chi connectivity index (χ0) is 18.1. The molecule has 2 rings (SSSR count). The molecule has 9 heteroatoms. The third-order valence-corrected chi connectivity index (χ3v) is 4.72. The topological polar surface area (TPSA) is 70.4 Å². The van der Waals surface area contributed by atoms with E-state index in [9.17, 15) is 23.1 Å². The molecule has 6 nitrogen and oxygen atoms in total. The van der Waals surface area contributed by atoms with Gasteiger partial charge in [-0.15, -0.1) is 0 Å². The quantitative estimate of drug-likeness (QED) is 0.873. The van der Waals surface area contributed by atoms with Crippen LogP contribution in [-0.4, -0.2) is 57.2 Å². The Hall–Kier alpha value is -1.77. The third-order valence-electron chi connectivity index (χ3n) is 4.72. The molecule has 0 saturated carbocycles. The van der Waals surface area contributed by atoms with Crippen molar-refractivity contribution in [3.05, 3.63) is 17.0 Å². The molecule has 136 valence electrons. The smallest absolute Gasteiger partial charge is 0.380 e. The lowest BCUT2D eigenvalue weighted by Gasteiger charge is -2.39. The first kappa shape index (κ1) is 18.6. The van der Waals surface area contributed by atoms with E-state index in [1.807, 2.05) is 20.9 Å². The fourth-order valence-corrected chi connectivity index (χ4v) is 2.95. The van der Waals surface area contributed by atoms with Crippen LogP contribution in [0.15, 0.2) is 0 Å². The van der Waals surface area contributed by atoms with Crippen molar-refractivity contribution in [2.45, 2.75) is 44.9 Å². The molecule has 2 heterocycles. The van der Waals surface area contributed by atoms with Crippen LogP contribution in [-0.2, 0) is 13.5 Å². The Balaban J connectivity index is 1.82. The second-order valence-corrected chi connectivity index (χ2v) is 6.27. The van der Waals surface area contributed by atoms with E-state index in [0.717, 1.165) is 17.0 Å². The number of urea groups is 1. The van der Waals surface area contributed by atoms with E-state index in [-0.39, 0.29) is 13.1 Å². The molecule has 1 fully saturated rings. The fourth-order valence-electron chi connectivity index (χ4n) is 2.95. The van der Waals surface area contributed by atoms with Crippen LogP contribution in [0.4, 0.5) is 18.0 Å². The predicted molar refractivity (Wildman–Crippen MR) is 81.6 cm³/mol. The number of nitrogens with zero attached hydrogens (tertiary/aromatic N) is 3. The van der Waals surface area contributed by atoms with Gasteiger partial charge in [0.2, 0.25) is 0 Å². The number of carbonyl (C=O) groups is 1. The Labute approximate surface area is 138 Å². The molecule has 1 aromatic heterocycles. The van der Waals surface area contributed by atoms with Gasteiger partial charge in [-0.25, -0.2) is 4.79 Å². The maximum absolute atomic E-state index is 12.7. The van der Waals surface area contributed by atoms with Crippen LogP contribution in [0.5, 0.6) is 0 Å². The SMILES string of the molecule is Cc1nn(C)c(C)c1CCNC(=O)N1CCC(O)(C(F)(F)F)CC1. The van der Waals surface area contributed by atoms with Crippen molar-refractivity contribution in [3.8, 4) is 0 Å². The molecule has 0 radical (unpaired) electrons. The predicted octanol–water partition coefficient (Wildman–Crippen LogP) is 1.68. The molecule has 1 aromatic rings. The lowest BCUT2D eigenvalue weighted by atomic mass is 9.91. The highest BCUT2D eigenvalue weighted by Crippen LogP contribution is 2.38. The van der Waals surface area contributed by atoms with Gasteiger partial charge in [0.1, 0.15) is 0 Å². The molecule has 0 unspecified atom stereocenters. The Morgan fingerprint density at radius 1 is 1.33 bits per heavy atom. The summed E-state index contributed by atoms with van der Waals surface area (Å²) in [6, 6.07) is -0.404. The highest BCUT2D eigenvalue weighted by Gasteiger charge is 2.54. The second kappa shape index (κ2) is 6.62. The summed E-state index contributed by atoms with van der Waals surface area (Å²) in [6.45, 7) is 3.98. The van der Waals surface area contributed by atoms with Crippen molar-refractivity contribution in [3.63, 3.8) is 0 Å². The molecule has 1 aliphatic heterocycles. The van der Waals surface area contributed by atoms with E-state index in [2.05, 4.69) is 10.4 Å². The summed E-state index contributed by atoms with van der Waals surface area (Å²) in [7, 11) is 1.85. The number of halogens is 3. The van der Waals surface area contributed by atoms with Crippen LogP contribution in [0, 0.1) is 13.8 Å². The van der Waals surface area contributed by atoms with Gasteiger partial charge in [-0.1, -0.05) is 0 Å². The molecule has 0 atom stereocenters. The van der Waals surface area contributed by atoms with E-state index in [4.69, 9.17) is 0 Å². The van der Waals surface area contributed by atoms with Gasteiger partial charge in [0.15, 0.2) is 5.60 Å². The summed E-state index contributed by atoms with van der Waals surface area (Å²) in [5, 5.41) is 16.6. The summed E-state index contributed by atoms with van der Waals surface area (Å²) in [5.41, 5.74) is 0.295. The molecule has 1 saturated heterocycles. The van der Waals surface area contributed by atoms with E-state index in [0.29, 0.717) is 13.0 Å². The van der Waals surface area contributed by atoms with Crippen LogP contribution < -0.4 is 5.32 Å². The number of aromatic nitrogens is 2. The van der Waals surface area contributed by atoms with Crippen LogP contribution in [0.2, 0.25) is 0 Å². The summed E-state index contributed by atoms with van der Waals surface area (Å²) < 4.78 is 40.0. The zero-order valence-electron chi connectivity index (χ0n) is 14.1. The van der Waals surface area contributed by atoms with E-state index in [1.165, 1.54) is 4.90 Å². The first-order chi connectivity index (χ1) is 11.0. The van der Waals surface area contributed by atoms with Crippen molar-refractivity contribution in [1.82, 2.24) is 20.0 Å². The number of hydrogen-bond acceptors (Lipinski definition) is 3. The number of amides is 2. The Morgan fingerprint density at radius 2 is 1.92 bits per heavy atom. The molecule has 2 amide bonds. The molecule has 0 spiro atoms. The Morgan fingerprint density at radius 3 is 2.38 bits per heavy atom. The van der Waals surface area contributed by atoms with Gasteiger partial charge in [0.05, 0.1) is 5.69 Å². The van der Waals surface area contributed by atoms with Gasteiger partial charge in [-0.3, -0.25) is 4.68 Å². The highest BCUT2D eigenvalue weighted by molar-refractivity contribution is 5.74. The minimum Gasteiger partial charge on any atom is -0.380 e. The number of aryl methyl sites for hydroxylation is 2. The second-order valence-electron chi connectivity index (χ2n) is 6.27. The molecule has 0 aliphatic carbocycles. The molecule has 2 N–H and O–H groups in total. The Bertz CT molecular complexity index is 605. The number of alkyl halides is 3. The standard InChI is InChI=1S/C15H23F3N4O2/c1-10-12(11(2)21(3)20-10)4-7-19-13(23)22-8-5-14(24,6-9-22)15(16,17)18/h24H,4-9H2,1-3H3,(H,19,23). The minimum atomic E-state index is -4.66. The number of hydrogen-bond donors (Lipinski definition) is 2. The average Bonchev–Trinajstić information content (AvgIpc) is 2.73. The maximum Gasteiger partial charge on any atom is 0.417 e. The van der Waals surface area contributed by atoms with Crippen LogP contribution in [0.3, 0.4) is 0 Å². The number of aliphatic hydroxyl groups is 1. The molecular formula is C15H23F3N4O2. The van der Waals surface area contributed by atoms with Gasteiger partial charge in [-0.2, -0.15) is 18.3 Å². The number of carbonyl (C=O) groups excluding carboxylic acids is 1. The highest BCUT2D eigenvalue weighted by atomic mass is 19.4. The van der Waals surface area contributed by atoms with Gasteiger partial charge in [-0.05, 0) is 25.8 Å². The molecular weight excluding hydrogens is 325 g/mol. The number of piperidine rings is 1. The van der Waals surface area contributed by atoms with Gasteiger partial charge >= 0.3 is 12.2 Å². The number of likely N-dealkylation sites (tertiary alicyclic amines) is 1. The van der Waals surface area contributed by atoms with Crippen molar-refractivity contribution >= 4 is 6.03 Å². The first-order valence-corrected chi connectivity index (χ1v) is 7.86. The lowest BCUT2D eigenvalue weighted by molar-refractivity contribution is -0.271. The third kappa shape index (κ3) is 3.66. The summed E-state index contributed by atoms with van der Waals surface area (Å²) in [5.74, 6) is 0. The van der Waals surface area contributed by atoms with Crippen molar-refractivity contribution < 1.29 is 23.1 Å². The maximum atomic E-state index is 12.7. The fraction of sp³-hybridized carbons (Fsp3) is 0.733. The van der Waals surface area contributed by atoms with E-state index < -0.39 is 30.7 Å². The molecule has 0 aromatic carbocycles. The van der Waals surface area contributed by atoms with Crippen LogP contribution in [0.1, 0.15) is 29.8 Å². The summed E-state index contributed by atoms with van der Waals surface area (Å²) >= 11 is 0. The van der Waals surface area contributed by atoms with Crippen LogP contribution >= 0.6 is 0 Å². The summed E-state index contributed by atoms with van der Waals surface area (Å²) in [4.78, 5) is 13.4. The monoisotopic (exact) mass is 348 g/mol. The van der Waals surface area contributed by atoms with Gasteiger partial charge < -0.3 is 15.3 Å². The van der Waals surface area contributed by atoms with Crippen molar-refractivity contribution in [2.24, 2.45) is 7.05 Å². The Kier molecular flexibility index (Phi) is 5.12. The largest absolute Gasteiger partial charge is 0.417 e. The van der Waals surface area contributed by atoms with E-state index >= 15 is 0 Å².